The third-order valence-corrected chi connectivity index (χ3v) is 8.13. The van der Waals surface area contributed by atoms with E-state index in [0.717, 1.165) is 4.90 Å². The molecule has 0 radical (unpaired) electrons. The molecular formula is C36H27N10Na2O2S3+. The Kier molecular flexibility index (Phi) is 19.1. The molecule has 0 saturated heterocycles. The monoisotopic (exact) mass is 773 g/mol. The number of H-pyrrole nitrogens is 1. The summed E-state index contributed by atoms with van der Waals surface area (Å²) in [6.07, 6.45) is 0. The number of nitrogens with two attached hydrogens (primary N) is 2. The summed E-state index contributed by atoms with van der Waals surface area (Å²) in [5.74, 6) is -0.180. The molecule has 0 spiro atoms. The van der Waals surface area contributed by atoms with Gasteiger partial charge in [-0.15, -0.1) is 0 Å². The maximum atomic E-state index is 11.2. The number of rotatable bonds is 6. The molecule has 7 N–H and O–H groups in total. The summed E-state index contributed by atoms with van der Waals surface area (Å²) in [5, 5.41) is 43.8. The average molecular weight is 774 g/mol. The van der Waals surface area contributed by atoms with Gasteiger partial charge in [0, 0.05) is 41.2 Å². The van der Waals surface area contributed by atoms with Crippen LogP contribution in [0.25, 0.3) is 22.3 Å². The Hall–Kier alpha value is -4.62. The molecule has 252 valence electrons. The topological polar surface area (TPSA) is 234 Å². The van der Waals surface area contributed by atoms with Crippen molar-refractivity contribution in [2.24, 2.45) is 0 Å². The number of nitriles is 4. The van der Waals surface area contributed by atoms with Crippen molar-refractivity contribution in [3.05, 3.63) is 106 Å². The van der Waals surface area contributed by atoms with E-state index in [1.165, 1.54) is 25.6 Å². The van der Waals surface area contributed by atoms with Gasteiger partial charge in [-0.1, -0.05) is 66.4 Å². The summed E-state index contributed by atoms with van der Waals surface area (Å²) < 4.78 is 0.180. The van der Waals surface area contributed by atoms with E-state index in [1.807, 2.05) is 42.5 Å². The first-order valence-electron chi connectivity index (χ1n) is 14.5. The Morgan fingerprint density at radius 2 is 1.13 bits per heavy atom. The number of nitrogens with zero attached hydrogens (tertiary/aromatic N) is 5. The summed E-state index contributed by atoms with van der Waals surface area (Å²) in [6, 6.07) is 31.3. The first-order valence-corrected chi connectivity index (χ1v) is 15.7. The van der Waals surface area contributed by atoms with Crippen molar-refractivity contribution in [1.29, 1.82) is 21.0 Å². The van der Waals surface area contributed by atoms with Crippen LogP contribution >= 0.6 is 24.0 Å². The van der Waals surface area contributed by atoms with Gasteiger partial charge in [0.05, 0.1) is 11.1 Å². The molecule has 2 amide bonds. The molecule has 0 unspecified atom stereocenters. The fourth-order valence-corrected chi connectivity index (χ4v) is 5.91. The molecule has 2 heterocycles. The number of carbonyl (C=O) groups excluding carboxylic acids is 2. The zero-order chi connectivity index (χ0) is 36.4. The van der Waals surface area contributed by atoms with Crippen molar-refractivity contribution in [1.82, 2.24) is 9.97 Å². The van der Waals surface area contributed by atoms with Crippen LogP contribution in [0.3, 0.4) is 0 Å². The number of pyridine rings is 2. The van der Waals surface area contributed by atoms with E-state index in [2.05, 4.69) is 32.7 Å². The Morgan fingerprint density at radius 1 is 0.698 bits per heavy atom. The predicted octanol–water partition coefficient (Wildman–Crippen LogP) is 0.617. The number of aromatic amines is 1. The van der Waals surface area contributed by atoms with Gasteiger partial charge in [0.25, 0.3) is 0 Å². The molecule has 0 aliphatic carbocycles. The first-order chi connectivity index (χ1) is 24.0. The fourth-order valence-electron chi connectivity index (χ4n) is 4.74. The Bertz CT molecular complexity index is 2350. The Labute approximate surface area is 366 Å². The van der Waals surface area contributed by atoms with Crippen molar-refractivity contribution in [2.75, 3.05) is 22.1 Å². The maximum Gasteiger partial charge on any atom is 1.00 e. The number of nitrogen functional groups attached to an aromatic ring is 2. The molecule has 5 rings (SSSR count). The summed E-state index contributed by atoms with van der Waals surface area (Å²) in [4.78, 5) is 30.1. The van der Waals surface area contributed by atoms with Crippen LogP contribution in [0, 0.1) is 50.0 Å². The molecule has 17 heteroatoms. The molecule has 0 atom stereocenters. The van der Waals surface area contributed by atoms with E-state index < -0.39 is 0 Å². The van der Waals surface area contributed by atoms with E-state index >= 15 is 0 Å². The van der Waals surface area contributed by atoms with Crippen LogP contribution in [0.2, 0.25) is 0 Å². The van der Waals surface area contributed by atoms with Crippen LogP contribution in [0.5, 0.6) is 0 Å². The summed E-state index contributed by atoms with van der Waals surface area (Å²) in [6.45, 7) is 2.83. The smallest absolute Gasteiger partial charge is 0.813 e. The Morgan fingerprint density at radius 3 is 1.55 bits per heavy atom. The molecule has 5 aromatic rings. The number of hydrogen-bond donors (Lipinski definition) is 5. The molecule has 0 aliphatic heterocycles. The van der Waals surface area contributed by atoms with E-state index in [4.69, 9.17) is 23.7 Å². The van der Waals surface area contributed by atoms with Gasteiger partial charge in [-0.05, 0) is 47.5 Å². The minimum atomic E-state index is -0.186. The number of amides is 2. The summed E-state index contributed by atoms with van der Waals surface area (Å²) >= 11 is 6.40. The van der Waals surface area contributed by atoms with E-state index in [1.54, 1.807) is 48.5 Å². The first kappa shape index (κ1) is 46.4. The van der Waals surface area contributed by atoms with E-state index in [9.17, 15) is 30.6 Å². The Balaban J connectivity index is 0.000000515. The van der Waals surface area contributed by atoms with Gasteiger partial charge in [0.1, 0.15) is 56.7 Å². The minimum absolute atomic E-state index is 0. The van der Waals surface area contributed by atoms with Gasteiger partial charge in [0.15, 0.2) is 0 Å². The van der Waals surface area contributed by atoms with Gasteiger partial charge in [-0.25, -0.2) is 4.98 Å². The molecule has 0 saturated carbocycles. The number of hydrogen-bond acceptors (Lipinski definition) is 12. The molecular weight excluding hydrogens is 747 g/mol. The van der Waals surface area contributed by atoms with Crippen molar-refractivity contribution < 1.29 is 68.7 Å². The number of aromatic nitrogens is 2. The fraction of sp³-hybridized carbons (Fsp3) is 0.0556. The van der Waals surface area contributed by atoms with Gasteiger partial charge < -0.3 is 40.6 Å². The standard InChI is InChI=1S/C21H15N5OS.C15H11N5OS.2Na.H2S/c1-13(27)25-15-9-7-14(8-10-15)19-17(11-22)20(24)26-21(18(19)12-23)28-16-5-3-2-4-6-16;1-8(21)19-10-4-2-9(3-5-10)13-11(6-16)14(18)20-15(22)12(13)7-17;;;/h2-10H,1H3,(H2,24,26)(H,25,27);2-5H,1H3,(H,19,21)(H3,18,20,22);;;1H2/q;;2*+1;/p-1. The van der Waals surface area contributed by atoms with Gasteiger partial charge >= 0.3 is 59.1 Å². The minimum Gasteiger partial charge on any atom is -0.813 e. The molecule has 0 bridgehead atoms. The predicted molar refractivity (Wildman–Crippen MR) is 202 cm³/mol. The van der Waals surface area contributed by atoms with Crippen LogP contribution in [0.4, 0.5) is 23.0 Å². The molecule has 53 heavy (non-hydrogen) atoms. The number of thiol groups is 1. The summed E-state index contributed by atoms with van der Waals surface area (Å²) in [7, 11) is 0. The van der Waals surface area contributed by atoms with E-state index in [0.29, 0.717) is 38.7 Å². The normalized spacial score (nSPS) is 9.25. The largest absolute Gasteiger partial charge is 1.00 e. The molecule has 0 aliphatic rings. The molecule has 12 nitrogen and oxygen atoms in total. The third kappa shape index (κ3) is 11.7. The number of nitrogens with one attached hydrogen (secondary N) is 3. The molecule has 3 aromatic carbocycles. The number of benzene rings is 3. The van der Waals surface area contributed by atoms with Crippen molar-refractivity contribution >= 4 is 72.3 Å². The van der Waals surface area contributed by atoms with Crippen LogP contribution in [-0.2, 0) is 23.1 Å². The molecule has 2 aromatic heterocycles. The second-order valence-corrected chi connectivity index (χ2v) is 11.8. The number of carbonyl (C=O) groups is 2. The van der Waals surface area contributed by atoms with Crippen molar-refractivity contribution in [3.8, 4) is 46.5 Å². The van der Waals surface area contributed by atoms with E-state index in [-0.39, 0.29) is 123 Å². The van der Waals surface area contributed by atoms with Crippen LogP contribution in [0.1, 0.15) is 36.1 Å². The van der Waals surface area contributed by atoms with Crippen molar-refractivity contribution in [3.63, 3.8) is 0 Å². The van der Waals surface area contributed by atoms with Gasteiger partial charge in [0.2, 0.25) is 11.8 Å². The maximum absolute atomic E-state index is 11.2. The van der Waals surface area contributed by atoms with Gasteiger partial charge in [-0.2, -0.15) is 21.0 Å². The zero-order valence-electron chi connectivity index (χ0n) is 29.0. The van der Waals surface area contributed by atoms with Gasteiger partial charge in [-0.3, -0.25) is 9.59 Å². The number of anilines is 4. The molecule has 0 fully saturated rings. The SMILES string of the molecule is CC(=O)Nc1ccc(-c2c(C#N)c(N)[nH]c(=S)c2C#N)cc1.CC(=O)Nc1ccc(-c2c(C#N)c(N)nc(Sc3ccccc3)c2C#N)cc1.[Na+].[Na+].[SH-]. The second kappa shape index (κ2) is 21.8. The van der Waals surface area contributed by atoms with Crippen molar-refractivity contribution in [2.45, 2.75) is 23.8 Å². The average Bonchev–Trinajstić information content (AvgIpc) is 3.09. The van der Waals surface area contributed by atoms with Crippen LogP contribution < -0.4 is 81.2 Å². The second-order valence-electron chi connectivity index (χ2n) is 10.3. The zero-order valence-corrected chi connectivity index (χ0v) is 35.5. The quantitative estimate of drug-likeness (QED) is 0.0692. The van der Waals surface area contributed by atoms with Crippen LogP contribution in [0.15, 0.2) is 88.8 Å². The summed E-state index contributed by atoms with van der Waals surface area (Å²) in [5.41, 5.74) is 15.9. The van der Waals surface area contributed by atoms with Crippen LogP contribution in [-0.4, -0.2) is 21.8 Å². The third-order valence-electron chi connectivity index (χ3n) is 6.83.